The number of alkyl halides is 1. The van der Waals surface area contributed by atoms with Gasteiger partial charge in [0.25, 0.3) is 10.2 Å². The molecule has 1 saturated heterocycles. The fraction of sp³-hybridized carbons (Fsp3) is 0.333. The average Bonchev–Trinajstić information content (AvgIpc) is 2.11. The summed E-state index contributed by atoms with van der Waals surface area (Å²) >= 11 is 0. The average molecular weight is 248 g/mol. The Morgan fingerprint density at radius 1 is 1.38 bits per heavy atom. The highest BCUT2D eigenvalue weighted by Gasteiger charge is 2.49. The first-order valence-electron chi connectivity index (χ1n) is 4.54. The van der Waals surface area contributed by atoms with Crippen LogP contribution < -0.4 is 5.14 Å². The van der Waals surface area contributed by atoms with Gasteiger partial charge >= 0.3 is 0 Å². The van der Waals surface area contributed by atoms with E-state index in [0.717, 1.165) is 10.4 Å². The van der Waals surface area contributed by atoms with Crippen LogP contribution in [0.3, 0.4) is 0 Å². The zero-order chi connectivity index (χ0) is 12.0. The van der Waals surface area contributed by atoms with Crippen LogP contribution in [0, 0.1) is 5.82 Å². The fourth-order valence-electron chi connectivity index (χ4n) is 1.64. The molecule has 1 aromatic rings. The molecule has 0 spiro atoms. The van der Waals surface area contributed by atoms with Crippen LogP contribution in [-0.2, 0) is 15.9 Å². The normalized spacial score (nSPS) is 20.4. The van der Waals surface area contributed by atoms with E-state index in [0.29, 0.717) is 0 Å². The third kappa shape index (κ3) is 1.93. The number of nitrogens with zero attached hydrogens (tertiary/aromatic N) is 1. The largest absolute Gasteiger partial charge is 0.277 e. The van der Waals surface area contributed by atoms with Crippen molar-refractivity contribution in [2.24, 2.45) is 5.14 Å². The summed E-state index contributed by atoms with van der Waals surface area (Å²) in [4.78, 5) is 0. The molecular formula is C9H10F2N2O2S. The second kappa shape index (κ2) is 3.47. The van der Waals surface area contributed by atoms with E-state index >= 15 is 0 Å². The maximum absolute atomic E-state index is 14.1. The zero-order valence-electron chi connectivity index (χ0n) is 8.23. The van der Waals surface area contributed by atoms with Gasteiger partial charge in [-0.05, 0) is 17.7 Å². The van der Waals surface area contributed by atoms with Crippen molar-refractivity contribution in [1.29, 1.82) is 0 Å². The molecule has 88 valence electrons. The van der Waals surface area contributed by atoms with Gasteiger partial charge in [0.2, 0.25) is 0 Å². The van der Waals surface area contributed by atoms with E-state index in [4.69, 9.17) is 5.14 Å². The Balaban J connectivity index is 2.20. The molecule has 1 aliphatic heterocycles. The van der Waals surface area contributed by atoms with Crippen molar-refractivity contribution >= 4 is 10.2 Å². The Morgan fingerprint density at radius 3 is 2.50 bits per heavy atom. The molecule has 2 rings (SSSR count). The molecule has 1 aliphatic rings. The standard InChI is InChI=1S/C9H10F2N2O2S/c10-8-3-1-2-7(4-8)9(11)5-13(6-9)16(12,14)15/h1-4H,5-6H2,(H2,12,14,15). The highest BCUT2D eigenvalue weighted by Crippen LogP contribution is 2.37. The predicted octanol–water partition coefficient (Wildman–Crippen LogP) is 0.510. The summed E-state index contributed by atoms with van der Waals surface area (Å²) in [5, 5.41) is 4.83. The molecule has 16 heavy (non-hydrogen) atoms. The molecule has 0 amide bonds. The molecule has 2 N–H and O–H groups in total. The van der Waals surface area contributed by atoms with E-state index in [9.17, 15) is 17.2 Å². The van der Waals surface area contributed by atoms with E-state index in [-0.39, 0.29) is 18.7 Å². The van der Waals surface area contributed by atoms with Gasteiger partial charge in [-0.3, -0.25) is 0 Å². The molecular weight excluding hydrogens is 238 g/mol. The van der Waals surface area contributed by atoms with Crippen molar-refractivity contribution in [2.75, 3.05) is 13.1 Å². The lowest BCUT2D eigenvalue weighted by Gasteiger charge is -2.42. The minimum Gasteiger partial charge on any atom is -0.236 e. The van der Waals surface area contributed by atoms with Gasteiger partial charge in [0.1, 0.15) is 5.82 Å². The van der Waals surface area contributed by atoms with Crippen LogP contribution in [0.1, 0.15) is 5.56 Å². The Hall–Kier alpha value is -1.05. The van der Waals surface area contributed by atoms with Crippen LogP contribution >= 0.6 is 0 Å². The van der Waals surface area contributed by atoms with Crippen LogP contribution in [0.5, 0.6) is 0 Å². The fourth-order valence-corrected chi connectivity index (χ4v) is 2.41. The molecule has 7 heteroatoms. The number of rotatable bonds is 2. The second-order valence-corrected chi connectivity index (χ2v) is 5.34. The van der Waals surface area contributed by atoms with Crippen LogP contribution in [-0.4, -0.2) is 25.8 Å². The molecule has 0 atom stereocenters. The van der Waals surface area contributed by atoms with Crippen LogP contribution in [0.4, 0.5) is 8.78 Å². The summed E-state index contributed by atoms with van der Waals surface area (Å²) in [6, 6.07) is 5.05. The van der Waals surface area contributed by atoms with Gasteiger partial charge in [0.15, 0.2) is 5.67 Å². The molecule has 1 fully saturated rings. The summed E-state index contributed by atoms with van der Waals surface area (Å²) in [6.45, 7) is -0.732. The first-order valence-corrected chi connectivity index (χ1v) is 6.04. The van der Waals surface area contributed by atoms with Crippen molar-refractivity contribution in [3.05, 3.63) is 35.6 Å². The highest BCUT2D eigenvalue weighted by molar-refractivity contribution is 7.86. The molecule has 4 nitrogen and oxygen atoms in total. The van der Waals surface area contributed by atoms with E-state index < -0.39 is 21.7 Å². The van der Waals surface area contributed by atoms with Gasteiger partial charge in [0.05, 0.1) is 13.1 Å². The molecule has 1 aromatic carbocycles. The minimum atomic E-state index is -3.86. The Kier molecular flexibility index (Phi) is 2.48. The highest BCUT2D eigenvalue weighted by atomic mass is 32.2. The minimum absolute atomic E-state index is 0.132. The van der Waals surface area contributed by atoms with Crippen molar-refractivity contribution in [1.82, 2.24) is 4.31 Å². The first-order chi connectivity index (χ1) is 7.31. The molecule has 0 unspecified atom stereocenters. The number of halogens is 2. The maximum atomic E-state index is 14.1. The number of hydrogen-bond acceptors (Lipinski definition) is 2. The summed E-state index contributed by atoms with van der Waals surface area (Å²) in [5.74, 6) is -0.552. The molecule has 0 bridgehead atoms. The lowest BCUT2D eigenvalue weighted by Crippen LogP contribution is -2.60. The van der Waals surface area contributed by atoms with Crippen molar-refractivity contribution in [2.45, 2.75) is 5.67 Å². The van der Waals surface area contributed by atoms with Gasteiger partial charge in [-0.1, -0.05) is 12.1 Å². The second-order valence-electron chi connectivity index (χ2n) is 3.79. The van der Waals surface area contributed by atoms with Gasteiger partial charge in [0, 0.05) is 0 Å². The predicted molar refractivity (Wildman–Crippen MR) is 53.9 cm³/mol. The third-order valence-electron chi connectivity index (χ3n) is 2.56. The van der Waals surface area contributed by atoms with Gasteiger partial charge < -0.3 is 0 Å². The van der Waals surface area contributed by atoms with Crippen LogP contribution in [0.15, 0.2) is 24.3 Å². The Bertz CT molecular complexity index is 512. The van der Waals surface area contributed by atoms with Crippen molar-refractivity contribution < 1.29 is 17.2 Å². The van der Waals surface area contributed by atoms with E-state index in [1.807, 2.05) is 0 Å². The lowest BCUT2D eigenvalue weighted by molar-refractivity contribution is 0.0177. The molecule has 1 heterocycles. The monoisotopic (exact) mass is 248 g/mol. The van der Waals surface area contributed by atoms with Crippen molar-refractivity contribution in [3.8, 4) is 0 Å². The summed E-state index contributed by atoms with van der Waals surface area (Å²) in [6.07, 6.45) is 0. The van der Waals surface area contributed by atoms with Gasteiger partial charge in [-0.25, -0.2) is 13.9 Å². The Morgan fingerprint density at radius 2 is 2.00 bits per heavy atom. The van der Waals surface area contributed by atoms with E-state index in [1.165, 1.54) is 18.2 Å². The molecule has 0 saturated carbocycles. The first kappa shape index (κ1) is 11.4. The van der Waals surface area contributed by atoms with Crippen LogP contribution in [0.25, 0.3) is 0 Å². The number of benzene rings is 1. The zero-order valence-corrected chi connectivity index (χ0v) is 9.05. The van der Waals surface area contributed by atoms with Crippen molar-refractivity contribution in [3.63, 3.8) is 0 Å². The summed E-state index contributed by atoms with van der Waals surface area (Å²) in [7, 11) is -3.86. The molecule has 0 aromatic heterocycles. The number of nitrogens with two attached hydrogens (primary N) is 1. The maximum Gasteiger partial charge on any atom is 0.277 e. The number of hydrogen-bond donors (Lipinski definition) is 1. The lowest BCUT2D eigenvalue weighted by atomic mass is 9.90. The van der Waals surface area contributed by atoms with E-state index in [2.05, 4.69) is 0 Å². The van der Waals surface area contributed by atoms with E-state index in [1.54, 1.807) is 0 Å². The van der Waals surface area contributed by atoms with Crippen LogP contribution in [0.2, 0.25) is 0 Å². The Labute approximate surface area is 91.8 Å². The summed E-state index contributed by atoms with van der Waals surface area (Å²) < 4.78 is 49.5. The van der Waals surface area contributed by atoms with Gasteiger partial charge in [-0.15, -0.1) is 0 Å². The quantitative estimate of drug-likeness (QED) is 0.828. The van der Waals surface area contributed by atoms with Gasteiger partial charge in [-0.2, -0.15) is 12.7 Å². The SMILES string of the molecule is NS(=O)(=O)N1CC(F)(c2cccc(F)c2)C1. The third-order valence-corrected chi connectivity index (χ3v) is 3.53. The molecule has 0 aliphatic carbocycles. The summed E-state index contributed by atoms with van der Waals surface area (Å²) in [5.41, 5.74) is -1.71. The smallest absolute Gasteiger partial charge is 0.236 e. The topological polar surface area (TPSA) is 63.4 Å². The molecule has 0 radical (unpaired) electrons.